The lowest BCUT2D eigenvalue weighted by molar-refractivity contribution is 0.0260. The van der Waals surface area contributed by atoms with Gasteiger partial charge in [-0.2, -0.15) is 0 Å². The smallest absolute Gasteiger partial charge is 0.254 e. The summed E-state index contributed by atoms with van der Waals surface area (Å²) in [6, 6.07) is 33.5. The molecule has 0 N–H and O–H groups in total. The maximum Gasteiger partial charge on any atom is 0.254 e. The molecule has 2 nitrogen and oxygen atoms in total. The average molecular weight is 492 g/mol. The molecule has 4 heteroatoms. The van der Waals surface area contributed by atoms with Crippen LogP contribution in [0.15, 0.2) is 103 Å². The normalized spacial score (nSPS) is 14.4. The van der Waals surface area contributed by atoms with Crippen LogP contribution in [-0.2, 0) is 5.54 Å². The molecular weight excluding hydrogens is 465 g/mol. The molecule has 1 fully saturated rings. The van der Waals surface area contributed by atoms with Crippen molar-refractivity contribution < 1.29 is 9.18 Å². The van der Waals surface area contributed by atoms with Crippen LogP contribution in [0.5, 0.6) is 0 Å². The van der Waals surface area contributed by atoms with Gasteiger partial charge in [0.05, 0.1) is 5.54 Å². The van der Waals surface area contributed by atoms with Crippen LogP contribution in [0.3, 0.4) is 0 Å². The highest BCUT2D eigenvalue weighted by Crippen LogP contribution is 2.46. The Morgan fingerprint density at radius 1 is 0.806 bits per heavy atom. The number of hydrogen-bond acceptors (Lipinski definition) is 2. The summed E-state index contributed by atoms with van der Waals surface area (Å²) in [7, 11) is 1.94. The number of halogens is 1. The maximum atomic E-state index is 13.6. The molecule has 0 atom stereocenters. The summed E-state index contributed by atoms with van der Waals surface area (Å²) >= 11 is 1.70. The van der Waals surface area contributed by atoms with Crippen LogP contribution in [0.4, 0.5) is 4.39 Å². The quantitative estimate of drug-likeness (QED) is 0.241. The van der Waals surface area contributed by atoms with E-state index in [0.717, 1.165) is 46.2 Å². The minimum atomic E-state index is -0.228. The lowest BCUT2D eigenvalue weighted by Crippen LogP contribution is -2.51. The van der Waals surface area contributed by atoms with Gasteiger partial charge in [-0.3, -0.25) is 4.79 Å². The van der Waals surface area contributed by atoms with Crippen molar-refractivity contribution in [1.29, 1.82) is 0 Å². The van der Waals surface area contributed by atoms with E-state index in [-0.39, 0.29) is 17.3 Å². The second kappa shape index (κ2) is 9.03. The zero-order chi connectivity index (χ0) is 24.7. The summed E-state index contributed by atoms with van der Waals surface area (Å²) in [5.41, 5.74) is 4.80. The molecule has 1 aliphatic rings. The zero-order valence-corrected chi connectivity index (χ0v) is 20.9. The van der Waals surface area contributed by atoms with E-state index < -0.39 is 0 Å². The van der Waals surface area contributed by atoms with Gasteiger partial charge in [-0.25, -0.2) is 4.39 Å². The van der Waals surface area contributed by atoms with Crippen LogP contribution in [-0.4, -0.2) is 17.9 Å². The molecule has 5 aromatic rings. The largest absolute Gasteiger partial charge is 0.332 e. The Balaban J connectivity index is 1.30. The molecular formula is C32H26FNOS. The molecule has 1 aromatic heterocycles. The fourth-order valence-electron chi connectivity index (χ4n) is 5.28. The second-order valence-corrected chi connectivity index (χ2v) is 10.7. The monoisotopic (exact) mass is 491 g/mol. The number of hydrogen-bond donors (Lipinski definition) is 0. The summed E-state index contributed by atoms with van der Waals surface area (Å²) in [6.07, 6.45) is 3.11. The number of amides is 1. The summed E-state index contributed by atoms with van der Waals surface area (Å²) in [5, 5.41) is 1.14. The van der Waals surface area contributed by atoms with Crippen LogP contribution in [0, 0.1) is 5.82 Å². The van der Waals surface area contributed by atoms with Gasteiger partial charge in [-0.15, -0.1) is 11.3 Å². The Morgan fingerprint density at radius 3 is 2.25 bits per heavy atom. The van der Waals surface area contributed by atoms with Crippen molar-refractivity contribution in [2.24, 2.45) is 0 Å². The SMILES string of the molecule is CN(C(=O)c1cccc(-c2ccc3sc(-c4ccc(F)cc4)cc3c2)c1)C1(c2ccccc2)CCC1. The third kappa shape index (κ3) is 3.92. The van der Waals surface area contributed by atoms with Gasteiger partial charge in [0, 0.05) is 22.2 Å². The third-order valence-electron chi connectivity index (χ3n) is 7.53. The Morgan fingerprint density at radius 2 is 1.53 bits per heavy atom. The van der Waals surface area contributed by atoms with Gasteiger partial charge < -0.3 is 4.90 Å². The molecule has 0 aliphatic heterocycles. The molecule has 6 rings (SSSR count). The number of carbonyl (C=O) groups excluding carboxylic acids is 1. The molecule has 0 bridgehead atoms. The lowest BCUT2D eigenvalue weighted by atomic mass is 9.70. The molecule has 36 heavy (non-hydrogen) atoms. The van der Waals surface area contributed by atoms with E-state index in [1.165, 1.54) is 22.4 Å². The number of carbonyl (C=O) groups is 1. The Labute approximate surface area is 214 Å². The highest BCUT2D eigenvalue weighted by molar-refractivity contribution is 7.22. The molecule has 1 saturated carbocycles. The van der Waals surface area contributed by atoms with E-state index in [4.69, 9.17) is 0 Å². The summed E-state index contributed by atoms with van der Waals surface area (Å²) in [6.45, 7) is 0. The summed E-state index contributed by atoms with van der Waals surface area (Å²) in [4.78, 5) is 16.7. The summed E-state index contributed by atoms with van der Waals surface area (Å²) in [5.74, 6) is -0.176. The fraction of sp³-hybridized carbons (Fsp3) is 0.156. The van der Waals surface area contributed by atoms with Gasteiger partial charge in [-0.05, 0) is 89.4 Å². The van der Waals surface area contributed by atoms with Crippen LogP contribution in [0.1, 0.15) is 35.2 Å². The molecule has 4 aromatic carbocycles. The number of benzene rings is 4. The van der Waals surface area contributed by atoms with Gasteiger partial charge in [0.2, 0.25) is 0 Å². The average Bonchev–Trinajstić information content (AvgIpc) is 3.32. The van der Waals surface area contributed by atoms with Crippen molar-refractivity contribution in [3.05, 3.63) is 120 Å². The molecule has 0 radical (unpaired) electrons. The van der Waals surface area contributed by atoms with Crippen LogP contribution < -0.4 is 0 Å². The van der Waals surface area contributed by atoms with E-state index >= 15 is 0 Å². The fourth-order valence-corrected chi connectivity index (χ4v) is 6.33. The minimum Gasteiger partial charge on any atom is -0.332 e. The first kappa shape index (κ1) is 22.7. The Bertz CT molecular complexity index is 1550. The molecule has 178 valence electrons. The first-order valence-corrected chi connectivity index (χ1v) is 13.1. The first-order chi connectivity index (χ1) is 17.5. The van der Waals surface area contributed by atoms with Crippen molar-refractivity contribution in [2.45, 2.75) is 24.8 Å². The molecule has 1 amide bonds. The Kier molecular flexibility index (Phi) is 5.69. The van der Waals surface area contributed by atoms with Crippen LogP contribution in [0.25, 0.3) is 31.7 Å². The highest BCUT2D eigenvalue weighted by atomic mass is 32.1. The molecule has 0 spiro atoms. The van der Waals surface area contributed by atoms with Crippen molar-refractivity contribution in [3.8, 4) is 21.6 Å². The van der Waals surface area contributed by atoms with Crippen molar-refractivity contribution >= 4 is 27.3 Å². The lowest BCUT2D eigenvalue weighted by Gasteiger charge is -2.49. The van der Waals surface area contributed by atoms with Gasteiger partial charge in [0.25, 0.3) is 5.91 Å². The highest BCUT2D eigenvalue weighted by Gasteiger charge is 2.44. The Hall–Kier alpha value is -3.76. The molecule has 0 saturated heterocycles. The molecule has 0 unspecified atom stereocenters. The number of fused-ring (bicyclic) bond motifs is 1. The van der Waals surface area contributed by atoms with Gasteiger partial charge in [0.15, 0.2) is 0 Å². The third-order valence-corrected chi connectivity index (χ3v) is 8.69. The van der Waals surface area contributed by atoms with Crippen LogP contribution >= 0.6 is 11.3 Å². The zero-order valence-electron chi connectivity index (χ0n) is 20.1. The van der Waals surface area contributed by atoms with Crippen molar-refractivity contribution in [2.75, 3.05) is 7.05 Å². The van der Waals surface area contributed by atoms with Crippen LogP contribution in [0.2, 0.25) is 0 Å². The standard InChI is InChI=1S/C32H26FNOS/c1-34(32(17-6-18-32)27-9-3-2-4-10-27)31(35)25-8-5-7-23(19-25)24-13-16-29-26(20-24)21-30(36-29)22-11-14-28(33)15-12-22/h2-5,7-16,19-21H,6,17-18H2,1H3. The number of thiophene rings is 1. The van der Waals surface area contributed by atoms with E-state index in [9.17, 15) is 9.18 Å². The van der Waals surface area contributed by atoms with E-state index in [0.29, 0.717) is 5.56 Å². The first-order valence-electron chi connectivity index (χ1n) is 12.3. The number of rotatable bonds is 5. The predicted molar refractivity (Wildman–Crippen MR) is 147 cm³/mol. The predicted octanol–water partition coefficient (Wildman–Crippen LogP) is 8.53. The second-order valence-electron chi connectivity index (χ2n) is 9.57. The summed E-state index contributed by atoms with van der Waals surface area (Å²) < 4.78 is 14.5. The topological polar surface area (TPSA) is 20.3 Å². The van der Waals surface area contributed by atoms with Gasteiger partial charge in [0.1, 0.15) is 5.82 Å². The molecule has 1 aliphatic carbocycles. The maximum absolute atomic E-state index is 13.6. The van der Waals surface area contributed by atoms with E-state index in [1.807, 2.05) is 48.3 Å². The van der Waals surface area contributed by atoms with E-state index in [1.54, 1.807) is 11.3 Å². The van der Waals surface area contributed by atoms with E-state index in [2.05, 4.69) is 54.6 Å². The van der Waals surface area contributed by atoms with Gasteiger partial charge in [-0.1, -0.05) is 60.7 Å². The minimum absolute atomic E-state index is 0.0515. The number of nitrogens with zero attached hydrogens (tertiary/aromatic N) is 1. The van der Waals surface area contributed by atoms with Crippen molar-refractivity contribution in [1.82, 2.24) is 4.90 Å². The van der Waals surface area contributed by atoms with Crippen molar-refractivity contribution in [3.63, 3.8) is 0 Å². The molecule has 1 heterocycles. The van der Waals surface area contributed by atoms with Gasteiger partial charge >= 0.3 is 0 Å².